The molecule has 1 aliphatic carbocycles. The molecule has 1 heterocycles. The predicted molar refractivity (Wildman–Crippen MR) is 79.3 cm³/mol. The molecule has 0 aliphatic heterocycles. The van der Waals surface area contributed by atoms with Crippen molar-refractivity contribution in [1.29, 1.82) is 0 Å². The highest BCUT2D eigenvalue weighted by molar-refractivity contribution is 6.33. The molecule has 2 N–H and O–H groups in total. The SMILES string of the molecule is CNc1ncc(C(=O)NCCOC2CCCC2)cc1Cl. The summed E-state index contributed by atoms with van der Waals surface area (Å²) < 4.78 is 5.68. The van der Waals surface area contributed by atoms with Gasteiger partial charge < -0.3 is 15.4 Å². The fraction of sp³-hybridized carbons (Fsp3) is 0.571. The summed E-state index contributed by atoms with van der Waals surface area (Å²) in [6.45, 7) is 1.05. The predicted octanol–water partition coefficient (Wildman–Crippen LogP) is 2.47. The van der Waals surface area contributed by atoms with Crippen LogP contribution in [0.5, 0.6) is 0 Å². The Hall–Kier alpha value is -1.33. The number of carbonyl (C=O) groups is 1. The van der Waals surface area contributed by atoms with Crippen LogP contribution in [0.4, 0.5) is 5.82 Å². The summed E-state index contributed by atoms with van der Waals surface area (Å²) in [5.41, 5.74) is 0.454. The van der Waals surface area contributed by atoms with E-state index in [9.17, 15) is 4.79 Å². The van der Waals surface area contributed by atoms with Gasteiger partial charge in [0.05, 0.1) is 23.3 Å². The Morgan fingerprint density at radius 1 is 1.50 bits per heavy atom. The number of rotatable bonds is 6. The van der Waals surface area contributed by atoms with Crippen molar-refractivity contribution < 1.29 is 9.53 Å². The fourth-order valence-electron chi connectivity index (χ4n) is 2.29. The zero-order valence-electron chi connectivity index (χ0n) is 11.6. The minimum Gasteiger partial charge on any atom is -0.376 e. The normalized spacial score (nSPS) is 15.3. The van der Waals surface area contributed by atoms with E-state index in [0.717, 1.165) is 12.8 Å². The summed E-state index contributed by atoms with van der Waals surface area (Å²) in [6.07, 6.45) is 6.65. The Bertz CT molecular complexity index is 462. The van der Waals surface area contributed by atoms with Crippen LogP contribution in [-0.4, -0.2) is 37.2 Å². The molecule has 0 spiro atoms. The first-order valence-electron chi connectivity index (χ1n) is 6.94. The molecule has 0 saturated heterocycles. The van der Waals surface area contributed by atoms with Crippen molar-refractivity contribution in [1.82, 2.24) is 10.3 Å². The van der Waals surface area contributed by atoms with E-state index in [-0.39, 0.29) is 5.91 Å². The summed E-state index contributed by atoms with van der Waals surface area (Å²) in [7, 11) is 1.73. The zero-order chi connectivity index (χ0) is 14.4. The van der Waals surface area contributed by atoms with Gasteiger partial charge in [-0.25, -0.2) is 4.98 Å². The van der Waals surface area contributed by atoms with E-state index >= 15 is 0 Å². The van der Waals surface area contributed by atoms with E-state index in [1.807, 2.05) is 0 Å². The summed E-state index contributed by atoms with van der Waals surface area (Å²) in [5, 5.41) is 6.09. The molecule has 1 fully saturated rings. The van der Waals surface area contributed by atoms with Crippen molar-refractivity contribution in [2.45, 2.75) is 31.8 Å². The second-order valence-corrected chi connectivity index (χ2v) is 5.24. The highest BCUT2D eigenvalue weighted by Gasteiger charge is 2.15. The summed E-state index contributed by atoms with van der Waals surface area (Å²) >= 11 is 5.99. The lowest BCUT2D eigenvalue weighted by atomic mass is 10.2. The maximum absolute atomic E-state index is 11.9. The molecule has 5 nitrogen and oxygen atoms in total. The number of nitrogens with one attached hydrogen (secondary N) is 2. The number of nitrogens with zero attached hydrogens (tertiary/aromatic N) is 1. The van der Waals surface area contributed by atoms with Crippen LogP contribution in [0.15, 0.2) is 12.3 Å². The Balaban J connectivity index is 1.75. The average molecular weight is 298 g/mol. The number of halogens is 1. The van der Waals surface area contributed by atoms with Gasteiger partial charge in [-0.3, -0.25) is 4.79 Å². The number of hydrogen-bond acceptors (Lipinski definition) is 4. The van der Waals surface area contributed by atoms with Crippen LogP contribution in [0.1, 0.15) is 36.0 Å². The molecule has 0 bridgehead atoms. The fourth-order valence-corrected chi connectivity index (χ4v) is 2.55. The third kappa shape index (κ3) is 4.08. The third-order valence-electron chi connectivity index (χ3n) is 3.38. The summed E-state index contributed by atoms with van der Waals surface area (Å²) in [4.78, 5) is 16.0. The van der Waals surface area contributed by atoms with Crippen LogP contribution in [0.25, 0.3) is 0 Å². The number of carbonyl (C=O) groups excluding carboxylic acids is 1. The van der Waals surface area contributed by atoms with Crippen molar-refractivity contribution in [2.75, 3.05) is 25.5 Å². The van der Waals surface area contributed by atoms with Gasteiger partial charge in [-0.05, 0) is 18.9 Å². The smallest absolute Gasteiger partial charge is 0.252 e. The van der Waals surface area contributed by atoms with E-state index in [0.29, 0.717) is 35.7 Å². The monoisotopic (exact) mass is 297 g/mol. The highest BCUT2D eigenvalue weighted by atomic mass is 35.5. The lowest BCUT2D eigenvalue weighted by Gasteiger charge is -2.11. The lowest BCUT2D eigenvalue weighted by molar-refractivity contribution is 0.0582. The Morgan fingerprint density at radius 2 is 2.25 bits per heavy atom. The molecule has 6 heteroatoms. The molecule has 1 aromatic heterocycles. The van der Waals surface area contributed by atoms with Crippen LogP contribution in [-0.2, 0) is 4.74 Å². The molecule has 110 valence electrons. The van der Waals surface area contributed by atoms with Crippen molar-refractivity contribution in [3.05, 3.63) is 22.8 Å². The maximum atomic E-state index is 11.9. The van der Waals surface area contributed by atoms with E-state index in [1.165, 1.54) is 19.0 Å². The van der Waals surface area contributed by atoms with Gasteiger partial charge in [-0.1, -0.05) is 24.4 Å². The van der Waals surface area contributed by atoms with Gasteiger partial charge in [0.15, 0.2) is 0 Å². The maximum Gasteiger partial charge on any atom is 0.252 e. The van der Waals surface area contributed by atoms with Crippen molar-refractivity contribution in [2.24, 2.45) is 0 Å². The number of ether oxygens (including phenoxy) is 1. The number of amides is 1. The Labute approximate surface area is 124 Å². The van der Waals surface area contributed by atoms with Crippen molar-refractivity contribution >= 4 is 23.3 Å². The molecule has 0 aromatic carbocycles. The van der Waals surface area contributed by atoms with E-state index in [4.69, 9.17) is 16.3 Å². The number of hydrogen-bond donors (Lipinski definition) is 2. The molecular formula is C14H20ClN3O2. The van der Waals surface area contributed by atoms with Gasteiger partial charge in [0.25, 0.3) is 5.91 Å². The molecule has 0 radical (unpaired) electrons. The second-order valence-electron chi connectivity index (χ2n) is 4.84. The van der Waals surface area contributed by atoms with Gasteiger partial charge in [-0.15, -0.1) is 0 Å². The Kier molecular flexibility index (Phi) is 5.61. The van der Waals surface area contributed by atoms with E-state index in [2.05, 4.69) is 15.6 Å². The van der Waals surface area contributed by atoms with Crippen LogP contribution < -0.4 is 10.6 Å². The minimum absolute atomic E-state index is 0.183. The molecule has 1 saturated carbocycles. The van der Waals surface area contributed by atoms with Crippen LogP contribution in [0.3, 0.4) is 0 Å². The zero-order valence-corrected chi connectivity index (χ0v) is 12.4. The largest absolute Gasteiger partial charge is 0.376 e. The molecular weight excluding hydrogens is 278 g/mol. The molecule has 0 atom stereocenters. The molecule has 0 unspecified atom stereocenters. The van der Waals surface area contributed by atoms with Crippen LogP contribution >= 0.6 is 11.6 Å². The lowest BCUT2D eigenvalue weighted by Crippen LogP contribution is -2.28. The van der Waals surface area contributed by atoms with E-state index < -0.39 is 0 Å². The van der Waals surface area contributed by atoms with Crippen molar-refractivity contribution in [3.63, 3.8) is 0 Å². The number of pyridine rings is 1. The quantitative estimate of drug-likeness (QED) is 0.792. The number of anilines is 1. The van der Waals surface area contributed by atoms with Crippen LogP contribution in [0.2, 0.25) is 5.02 Å². The van der Waals surface area contributed by atoms with Gasteiger partial charge in [-0.2, -0.15) is 0 Å². The minimum atomic E-state index is -0.183. The van der Waals surface area contributed by atoms with Gasteiger partial charge >= 0.3 is 0 Å². The summed E-state index contributed by atoms with van der Waals surface area (Å²) in [5.74, 6) is 0.379. The first-order chi connectivity index (χ1) is 9.70. The average Bonchev–Trinajstić information content (AvgIpc) is 2.96. The molecule has 1 amide bonds. The second kappa shape index (κ2) is 7.45. The van der Waals surface area contributed by atoms with Crippen molar-refractivity contribution in [3.8, 4) is 0 Å². The topological polar surface area (TPSA) is 63.2 Å². The third-order valence-corrected chi connectivity index (χ3v) is 3.67. The number of aromatic nitrogens is 1. The van der Waals surface area contributed by atoms with Crippen LogP contribution in [0, 0.1) is 0 Å². The van der Waals surface area contributed by atoms with Gasteiger partial charge in [0.1, 0.15) is 5.82 Å². The molecule has 20 heavy (non-hydrogen) atoms. The van der Waals surface area contributed by atoms with Gasteiger partial charge in [0.2, 0.25) is 0 Å². The Morgan fingerprint density at radius 3 is 2.90 bits per heavy atom. The van der Waals surface area contributed by atoms with Gasteiger partial charge in [0, 0.05) is 19.8 Å². The molecule has 1 aliphatic rings. The summed E-state index contributed by atoms with van der Waals surface area (Å²) in [6, 6.07) is 1.60. The highest BCUT2D eigenvalue weighted by Crippen LogP contribution is 2.21. The molecule has 1 aromatic rings. The molecule has 2 rings (SSSR count). The first-order valence-corrected chi connectivity index (χ1v) is 7.31. The first kappa shape index (κ1) is 15.1. The van der Waals surface area contributed by atoms with E-state index in [1.54, 1.807) is 13.1 Å². The standard InChI is InChI=1S/C14H20ClN3O2/c1-16-13-12(15)8-10(9-18-13)14(19)17-6-7-20-11-4-2-3-5-11/h8-9,11H,2-7H2,1H3,(H,16,18)(H,17,19).